The second kappa shape index (κ2) is 14.2. The molecule has 0 aromatic rings. The van der Waals surface area contributed by atoms with Gasteiger partial charge in [0.25, 0.3) is 0 Å². The molecule has 0 radical (unpaired) electrons. The molecule has 0 bridgehead atoms. The summed E-state index contributed by atoms with van der Waals surface area (Å²) < 4.78 is 22.6. The summed E-state index contributed by atoms with van der Waals surface area (Å²) in [5.74, 6) is -0.241. The third kappa shape index (κ3) is 144. The molecule has 0 aliphatic heterocycles. The van der Waals surface area contributed by atoms with Crippen LogP contribution in [0.5, 0.6) is 0 Å². The van der Waals surface area contributed by atoms with E-state index in [0.717, 1.165) is 0 Å². The molecular weight excluding hydrogens is 194 g/mol. The lowest BCUT2D eigenvalue weighted by atomic mass is 10.6. The van der Waals surface area contributed by atoms with Crippen molar-refractivity contribution in [3.63, 3.8) is 0 Å². The van der Waals surface area contributed by atoms with Crippen molar-refractivity contribution in [2.75, 3.05) is 0 Å². The molecule has 0 saturated carbocycles. The Morgan fingerprint density at radius 2 is 1.07 bits per heavy atom. The molecule has 0 atom stereocenters. The van der Waals surface area contributed by atoms with Crippen LogP contribution in [0.25, 0.3) is 0 Å². The van der Waals surface area contributed by atoms with Gasteiger partial charge in [-0.05, 0) is 27.7 Å². The number of carboxylic acid groups (broad SMARTS) is 2. The van der Waals surface area contributed by atoms with Crippen LogP contribution in [0.15, 0.2) is 23.8 Å². The van der Waals surface area contributed by atoms with Crippen LogP contribution in [0, 0.1) is 0 Å². The van der Waals surface area contributed by atoms with Gasteiger partial charge in [-0.3, -0.25) is 0 Å². The standard InChI is InChI=1S/2C4H7F.CH2O3/c2*1-3-4(2)5;2-1(3)4/h2*3H,1-2H3;(H2,2,3,4). The predicted octanol–water partition coefficient (Wildman–Crippen LogP) is 3.98. The molecule has 0 saturated heterocycles. The lowest BCUT2D eigenvalue weighted by Crippen LogP contribution is -1.81. The van der Waals surface area contributed by atoms with Gasteiger partial charge in [0.15, 0.2) is 0 Å². The first-order chi connectivity index (χ1) is 6.27. The van der Waals surface area contributed by atoms with E-state index in [9.17, 15) is 8.78 Å². The van der Waals surface area contributed by atoms with Gasteiger partial charge in [0, 0.05) is 0 Å². The predicted molar refractivity (Wildman–Crippen MR) is 51.7 cm³/mol. The minimum Gasteiger partial charge on any atom is -0.450 e. The minimum atomic E-state index is -1.83. The molecule has 3 nitrogen and oxygen atoms in total. The second-order valence-corrected chi connectivity index (χ2v) is 2.03. The van der Waals surface area contributed by atoms with Crippen molar-refractivity contribution in [1.29, 1.82) is 0 Å². The number of carbonyl (C=O) groups is 1. The Bertz CT molecular complexity index is 170. The summed E-state index contributed by atoms with van der Waals surface area (Å²) >= 11 is 0. The van der Waals surface area contributed by atoms with Gasteiger partial charge in [-0.2, -0.15) is 0 Å². The molecule has 84 valence electrons. The van der Waals surface area contributed by atoms with Gasteiger partial charge in [-0.25, -0.2) is 13.6 Å². The van der Waals surface area contributed by atoms with Gasteiger partial charge in [-0.1, -0.05) is 12.2 Å². The SMILES string of the molecule is CC=C(C)F.CC=C(C)F.O=C(O)O. The van der Waals surface area contributed by atoms with Gasteiger partial charge in [-0.15, -0.1) is 0 Å². The largest absolute Gasteiger partial charge is 0.503 e. The zero-order valence-corrected chi connectivity index (χ0v) is 8.71. The van der Waals surface area contributed by atoms with Gasteiger partial charge in [0.1, 0.15) is 0 Å². The third-order valence-electron chi connectivity index (χ3n) is 0.796. The first-order valence-corrected chi connectivity index (χ1v) is 3.76. The van der Waals surface area contributed by atoms with Crippen molar-refractivity contribution in [3.05, 3.63) is 23.8 Å². The maximum absolute atomic E-state index is 11.3. The number of rotatable bonds is 0. The molecular formula is C9H16F2O3. The first kappa shape index (κ1) is 18.4. The Labute approximate surface area is 82.4 Å². The Morgan fingerprint density at radius 3 is 1.07 bits per heavy atom. The van der Waals surface area contributed by atoms with Crippen molar-refractivity contribution in [2.45, 2.75) is 27.7 Å². The number of hydrogen-bond acceptors (Lipinski definition) is 1. The lowest BCUT2D eigenvalue weighted by Gasteiger charge is -1.68. The quantitative estimate of drug-likeness (QED) is 0.635. The summed E-state index contributed by atoms with van der Waals surface area (Å²) in [5.41, 5.74) is 0. The molecule has 0 rings (SSSR count). The molecule has 0 aromatic carbocycles. The monoisotopic (exact) mass is 210 g/mol. The molecule has 0 heterocycles. The highest BCUT2D eigenvalue weighted by atomic mass is 19.1. The number of hydrogen-bond donors (Lipinski definition) is 2. The van der Waals surface area contributed by atoms with E-state index < -0.39 is 6.16 Å². The maximum Gasteiger partial charge on any atom is 0.503 e. The topological polar surface area (TPSA) is 57.5 Å². The van der Waals surface area contributed by atoms with E-state index in [1.165, 1.54) is 26.0 Å². The first-order valence-electron chi connectivity index (χ1n) is 3.76. The molecule has 0 unspecified atom stereocenters. The highest BCUT2D eigenvalue weighted by Gasteiger charge is 1.70. The zero-order valence-electron chi connectivity index (χ0n) is 8.71. The fraction of sp³-hybridized carbons (Fsp3) is 0.444. The van der Waals surface area contributed by atoms with Crippen molar-refractivity contribution in [3.8, 4) is 0 Å². The molecule has 0 aromatic heterocycles. The van der Waals surface area contributed by atoms with Crippen LogP contribution in [0.4, 0.5) is 13.6 Å². The van der Waals surface area contributed by atoms with Crippen LogP contribution in [0.2, 0.25) is 0 Å². The van der Waals surface area contributed by atoms with Gasteiger partial charge >= 0.3 is 6.16 Å². The molecule has 0 aliphatic carbocycles. The van der Waals surface area contributed by atoms with Crippen molar-refractivity contribution < 1.29 is 23.8 Å². The molecule has 0 spiro atoms. The summed E-state index contributed by atoms with van der Waals surface area (Å²) in [5, 5.41) is 13.9. The van der Waals surface area contributed by atoms with Crippen LogP contribution < -0.4 is 0 Å². The highest BCUT2D eigenvalue weighted by molar-refractivity contribution is 5.53. The summed E-state index contributed by atoms with van der Waals surface area (Å²) in [7, 11) is 0. The number of allylic oxidation sites excluding steroid dienone is 4. The average Bonchev–Trinajstić information content (AvgIpc) is 2.04. The van der Waals surface area contributed by atoms with E-state index >= 15 is 0 Å². The Hall–Kier alpha value is -1.39. The summed E-state index contributed by atoms with van der Waals surface area (Å²) in [6.45, 7) is 6.16. The molecule has 0 amide bonds. The molecule has 2 N–H and O–H groups in total. The van der Waals surface area contributed by atoms with Crippen molar-refractivity contribution in [2.24, 2.45) is 0 Å². The van der Waals surface area contributed by atoms with Crippen molar-refractivity contribution in [1.82, 2.24) is 0 Å². The average molecular weight is 210 g/mol. The summed E-state index contributed by atoms with van der Waals surface area (Å²) in [6.07, 6.45) is 1.00. The summed E-state index contributed by atoms with van der Waals surface area (Å²) in [4.78, 5) is 8.56. The normalized spacial score (nSPS) is 10.4. The number of halogens is 2. The van der Waals surface area contributed by atoms with E-state index in [1.54, 1.807) is 13.8 Å². The fourth-order valence-corrected chi connectivity index (χ4v) is 0. The van der Waals surface area contributed by atoms with Crippen LogP contribution in [0.1, 0.15) is 27.7 Å². The van der Waals surface area contributed by atoms with E-state index in [2.05, 4.69) is 0 Å². The minimum absolute atomic E-state index is 0.120. The Balaban J connectivity index is -0.000000131. The van der Waals surface area contributed by atoms with E-state index in [-0.39, 0.29) is 11.7 Å². The van der Waals surface area contributed by atoms with Crippen molar-refractivity contribution >= 4 is 6.16 Å². The van der Waals surface area contributed by atoms with Crippen LogP contribution in [-0.4, -0.2) is 16.4 Å². The molecule has 0 aliphatic rings. The van der Waals surface area contributed by atoms with Crippen LogP contribution in [-0.2, 0) is 0 Å². The third-order valence-corrected chi connectivity index (χ3v) is 0.796. The van der Waals surface area contributed by atoms with E-state index in [0.29, 0.717) is 0 Å². The lowest BCUT2D eigenvalue weighted by molar-refractivity contribution is 0.137. The van der Waals surface area contributed by atoms with Gasteiger partial charge in [0.05, 0.1) is 11.7 Å². The maximum atomic E-state index is 11.3. The van der Waals surface area contributed by atoms with Gasteiger partial charge < -0.3 is 10.2 Å². The van der Waals surface area contributed by atoms with E-state index in [4.69, 9.17) is 15.0 Å². The second-order valence-electron chi connectivity index (χ2n) is 2.03. The highest BCUT2D eigenvalue weighted by Crippen LogP contribution is 1.87. The van der Waals surface area contributed by atoms with Gasteiger partial charge in [0.2, 0.25) is 0 Å². The smallest absolute Gasteiger partial charge is 0.450 e. The van der Waals surface area contributed by atoms with Crippen LogP contribution in [0.3, 0.4) is 0 Å². The molecule has 14 heavy (non-hydrogen) atoms. The zero-order chi connectivity index (χ0) is 12.1. The fourth-order valence-electron chi connectivity index (χ4n) is 0. The van der Waals surface area contributed by atoms with Crippen LogP contribution >= 0.6 is 0 Å². The Kier molecular flexibility index (Phi) is 18.6. The summed E-state index contributed by atoms with van der Waals surface area (Å²) in [6, 6.07) is 0. The Morgan fingerprint density at radius 1 is 1.00 bits per heavy atom. The van der Waals surface area contributed by atoms with E-state index in [1.807, 2.05) is 0 Å². The molecule has 5 heteroatoms. The molecule has 0 fully saturated rings.